The van der Waals surface area contributed by atoms with Gasteiger partial charge in [-0.15, -0.1) is 0 Å². The van der Waals surface area contributed by atoms with Crippen molar-refractivity contribution in [3.05, 3.63) is 94.2 Å². The average Bonchev–Trinajstić information content (AvgIpc) is 3.35. The third kappa shape index (κ3) is 6.27. The van der Waals surface area contributed by atoms with Gasteiger partial charge < -0.3 is 19.3 Å². The zero-order valence-electron chi connectivity index (χ0n) is 22.4. The van der Waals surface area contributed by atoms with Crippen LogP contribution in [0.25, 0.3) is 0 Å². The van der Waals surface area contributed by atoms with E-state index in [-0.39, 0.29) is 18.9 Å². The monoisotopic (exact) mass is 546 g/mol. The van der Waals surface area contributed by atoms with Crippen molar-refractivity contribution in [2.45, 2.75) is 25.9 Å². The Bertz CT molecular complexity index is 1270. The van der Waals surface area contributed by atoms with Gasteiger partial charge in [-0.1, -0.05) is 72.4 Å². The van der Waals surface area contributed by atoms with Crippen molar-refractivity contribution < 1.29 is 19.1 Å². The predicted octanol–water partition coefficient (Wildman–Crippen LogP) is 4.19. The van der Waals surface area contributed by atoms with Crippen molar-refractivity contribution in [1.82, 2.24) is 14.7 Å². The molecule has 0 aliphatic carbocycles. The average molecular weight is 547 g/mol. The topological polar surface area (TPSA) is 74.7 Å². The zero-order valence-corrected chi connectivity index (χ0v) is 23.2. The third-order valence-corrected chi connectivity index (χ3v) is 8.05. The fraction of sp³-hybridized carbons (Fsp3) is 0.367. The van der Waals surface area contributed by atoms with Gasteiger partial charge >= 0.3 is 5.97 Å². The van der Waals surface area contributed by atoms with Crippen LogP contribution in [0.1, 0.15) is 30.5 Å². The summed E-state index contributed by atoms with van der Waals surface area (Å²) >= 11 is 1.49. The van der Waals surface area contributed by atoms with Crippen LogP contribution in [0.2, 0.25) is 0 Å². The Morgan fingerprint density at radius 3 is 2.36 bits per heavy atom. The number of carbonyl (C=O) groups is 2. The number of nitrogens with zero attached hydrogens (tertiary/aromatic N) is 4. The first-order valence-corrected chi connectivity index (χ1v) is 14.1. The summed E-state index contributed by atoms with van der Waals surface area (Å²) in [6.45, 7) is 6.30. The minimum atomic E-state index is -0.425. The van der Waals surface area contributed by atoms with Crippen molar-refractivity contribution >= 4 is 28.8 Å². The molecule has 0 saturated carbocycles. The van der Waals surface area contributed by atoms with E-state index in [0.717, 1.165) is 36.1 Å². The lowest BCUT2D eigenvalue weighted by molar-refractivity contribution is -0.141. The van der Waals surface area contributed by atoms with Gasteiger partial charge in [-0.25, -0.2) is 9.79 Å². The van der Waals surface area contributed by atoms with E-state index >= 15 is 0 Å². The Hall–Kier alpha value is -3.40. The van der Waals surface area contributed by atoms with Crippen LogP contribution < -0.4 is 0 Å². The molecule has 3 heterocycles. The van der Waals surface area contributed by atoms with Crippen molar-refractivity contribution in [1.29, 1.82) is 0 Å². The number of amidine groups is 1. The first kappa shape index (κ1) is 27.2. The molecule has 9 heteroatoms. The Labute approximate surface area is 234 Å². The molecule has 3 aliphatic rings. The summed E-state index contributed by atoms with van der Waals surface area (Å²) in [5.74, 6) is -0.330. The molecular weight excluding hydrogens is 512 g/mol. The zero-order chi connectivity index (χ0) is 27.2. The normalized spacial score (nSPS) is 19.5. The smallest absolute Gasteiger partial charge is 0.338 e. The standard InChI is InChI=1S/C30H34N4O4S/c1-22-27(29(36)38-18-17-37-2)28(24-11-7-4-8-12-24)34-25(21-39-30(34)31-22)19-26(35)33-15-13-32(14-16-33)20-23-9-5-3-6-10-23/h3-12,21,28H,13-20H2,1-2H3. The highest BCUT2D eigenvalue weighted by molar-refractivity contribution is 8.16. The van der Waals surface area contributed by atoms with Gasteiger partial charge in [0.1, 0.15) is 6.61 Å². The molecule has 0 radical (unpaired) electrons. The Morgan fingerprint density at radius 2 is 1.67 bits per heavy atom. The summed E-state index contributed by atoms with van der Waals surface area (Å²) in [7, 11) is 1.57. The summed E-state index contributed by atoms with van der Waals surface area (Å²) in [6, 6.07) is 19.9. The fourth-order valence-corrected chi connectivity index (χ4v) is 6.10. The van der Waals surface area contributed by atoms with E-state index in [1.807, 2.05) is 58.5 Å². The Kier molecular flexibility index (Phi) is 8.81. The number of carbonyl (C=O) groups excluding carboxylic acids is 2. The van der Waals surface area contributed by atoms with E-state index in [1.165, 1.54) is 17.3 Å². The van der Waals surface area contributed by atoms with E-state index < -0.39 is 12.0 Å². The van der Waals surface area contributed by atoms with Crippen LogP contribution >= 0.6 is 11.8 Å². The molecule has 1 unspecified atom stereocenters. The van der Waals surface area contributed by atoms with Crippen molar-refractivity contribution in [3.8, 4) is 0 Å². The Balaban J connectivity index is 1.29. The van der Waals surface area contributed by atoms with Crippen LogP contribution in [0.5, 0.6) is 0 Å². The lowest BCUT2D eigenvalue weighted by Crippen LogP contribution is -2.48. The van der Waals surface area contributed by atoms with E-state index in [9.17, 15) is 9.59 Å². The molecule has 1 amide bonds. The number of methoxy groups -OCH3 is 1. The molecule has 0 spiro atoms. The number of esters is 1. The number of hydrogen-bond donors (Lipinski definition) is 0. The number of rotatable bonds is 9. The maximum atomic E-state index is 13.5. The van der Waals surface area contributed by atoms with Crippen LogP contribution in [0.3, 0.4) is 0 Å². The van der Waals surface area contributed by atoms with Crippen LogP contribution in [-0.4, -0.2) is 78.2 Å². The molecule has 1 fully saturated rings. The minimum Gasteiger partial charge on any atom is -0.460 e. The summed E-state index contributed by atoms with van der Waals surface area (Å²) in [5, 5.41) is 2.76. The van der Waals surface area contributed by atoms with Gasteiger partial charge in [-0.3, -0.25) is 9.69 Å². The molecule has 0 aromatic heterocycles. The minimum absolute atomic E-state index is 0.0877. The molecule has 0 bridgehead atoms. The summed E-state index contributed by atoms with van der Waals surface area (Å²) < 4.78 is 10.6. The molecule has 3 aliphatic heterocycles. The van der Waals surface area contributed by atoms with Crippen LogP contribution in [0.4, 0.5) is 0 Å². The molecule has 39 heavy (non-hydrogen) atoms. The predicted molar refractivity (Wildman–Crippen MR) is 153 cm³/mol. The highest BCUT2D eigenvalue weighted by atomic mass is 32.2. The highest BCUT2D eigenvalue weighted by Gasteiger charge is 2.41. The molecule has 1 saturated heterocycles. The molecule has 8 nitrogen and oxygen atoms in total. The number of ether oxygens (including phenoxy) is 2. The second-order valence-corrected chi connectivity index (χ2v) is 10.6. The van der Waals surface area contributed by atoms with Crippen LogP contribution in [0, 0.1) is 0 Å². The SMILES string of the molecule is COCCOC(=O)C1=C(C)N=C2SC=C(CC(=O)N3CCN(Cc4ccccc4)CC3)N2C1c1ccccc1. The number of thioether (sulfide) groups is 1. The number of hydrogen-bond acceptors (Lipinski definition) is 8. The summed E-state index contributed by atoms with van der Waals surface area (Å²) in [4.78, 5) is 37.8. The number of aliphatic imine (C=N–C) groups is 1. The molecule has 204 valence electrons. The number of amides is 1. The van der Waals surface area contributed by atoms with Gasteiger partial charge in [0.05, 0.1) is 30.3 Å². The maximum absolute atomic E-state index is 13.5. The molecule has 2 aromatic carbocycles. The molecule has 0 N–H and O–H groups in total. The second kappa shape index (κ2) is 12.6. The van der Waals surface area contributed by atoms with Crippen molar-refractivity contribution in [2.75, 3.05) is 46.5 Å². The first-order chi connectivity index (χ1) is 19.0. The Morgan fingerprint density at radius 1 is 0.974 bits per heavy atom. The van der Waals surface area contributed by atoms with Gasteiger partial charge in [0, 0.05) is 45.5 Å². The lowest BCUT2D eigenvalue weighted by atomic mass is 9.94. The maximum Gasteiger partial charge on any atom is 0.338 e. The molecule has 5 rings (SSSR count). The third-order valence-electron chi connectivity index (χ3n) is 7.16. The highest BCUT2D eigenvalue weighted by Crippen LogP contribution is 2.44. The van der Waals surface area contributed by atoms with E-state index in [2.05, 4.69) is 29.2 Å². The van der Waals surface area contributed by atoms with Gasteiger partial charge in [-0.05, 0) is 23.5 Å². The molecule has 1 atom stereocenters. The molecular formula is C30H34N4O4S. The fourth-order valence-electron chi connectivity index (χ4n) is 5.14. The summed E-state index contributed by atoms with van der Waals surface area (Å²) in [6.07, 6.45) is 0.249. The number of benzene rings is 2. The number of allylic oxidation sites excluding steroid dienone is 1. The van der Waals surface area contributed by atoms with Crippen LogP contribution in [0.15, 0.2) is 88.0 Å². The summed E-state index contributed by atoms with van der Waals surface area (Å²) in [5.41, 5.74) is 4.18. The van der Waals surface area contributed by atoms with Gasteiger partial charge in [-0.2, -0.15) is 0 Å². The van der Waals surface area contributed by atoms with Gasteiger partial charge in [0.25, 0.3) is 0 Å². The lowest BCUT2D eigenvalue weighted by Gasteiger charge is -2.38. The van der Waals surface area contributed by atoms with E-state index in [1.54, 1.807) is 7.11 Å². The number of piperazine rings is 1. The second-order valence-electron chi connectivity index (χ2n) is 9.75. The van der Waals surface area contributed by atoms with E-state index in [4.69, 9.17) is 14.5 Å². The van der Waals surface area contributed by atoms with E-state index in [0.29, 0.717) is 31.0 Å². The molecule has 2 aromatic rings. The quantitative estimate of drug-likeness (QED) is 0.345. The number of fused-ring (bicyclic) bond motifs is 1. The van der Waals surface area contributed by atoms with Gasteiger partial charge in [0.15, 0.2) is 5.17 Å². The van der Waals surface area contributed by atoms with Gasteiger partial charge in [0.2, 0.25) is 5.91 Å². The van der Waals surface area contributed by atoms with Crippen molar-refractivity contribution in [2.24, 2.45) is 4.99 Å². The first-order valence-electron chi connectivity index (χ1n) is 13.2. The van der Waals surface area contributed by atoms with Crippen molar-refractivity contribution in [3.63, 3.8) is 0 Å². The van der Waals surface area contributed by atoms with Crippen LogP contribution in [-0.2, 0) is 25.6 Å². The largest absolute Gasteiger partial charge is 0.460 e.